The molecule has 148 valence electrons. The first-order valence-corrected chi connectivity index (χ1v) is 8.77. The number of halogens is 4. The lowest BCUT2D eigenvalue weighted by Gasteiger charge is -2.42. The zero-order valence-electron chi connectivity index (χ0n) is 15.2. The van der Waals surface area contributed by atoms with Gasteiger partial charge in [0, 0.05) is 17.4 Å². The summed E-state index contributed by atoms with van der Waals surface area (Å²) in [6.45, 7) is 1.75. The number of ether oxygens (including phenoxy) is 1. The first-order chi connectivity index (χ1) is 13.1. The monoisotopic (exact) mass is 393 g/mol. The van der Waals surface area contributed by atoms with E-state index in [4.69, 9.17) is 10.00 Å². The Hall–Kier alpha value is -2.59. The summed E-state index contributed by atoms with van der Waals surface area (Å²) in [4.78, 5) is 0. The third-order valence-corrected chi connectivity index (χ3v) is 5.27. The second-order valence-corrected chi connectivity index (χ2v) is 7.49. The van der Waals surface area contributed by atoms with E-state index in [1.54, 1.807) is 6.92 Å². The Kier molecular flexibility index (Phi) is 5.11. The molecule has 1 N–H and O–H groups in total. The number of benzene rings is 2. The van der Waals surface area contributed by atoms with Gasteiger partial charge in [0.2, 0.25) is 0 Å². The van der Waals surface area contributed by atoms with Crippen molar-refractivity contribution in [3.05, 3.63) is 65.0 Å². The van der Waals surface area contributed by atoms with E-state index in [2.05, 4.69) is 0 Å². The molecule has 0 bridgehead atoms. The van der Waals surface area contributed by atoms with E-state index in [1.165, 1.54) is 42.5 Å². The van der Waals surface area contributed by atoms with Gasteiger partial charge in [-0.3, -0.25) is 0 Å². The zero-order chi connectivity index (χ0) is 20.6. The summed E-state index contributed by atoms with van der Waals surface area (Å²) < 4.78 is 61.0. The molecule has 0 saturated heterocycles. The maximum atomic E-state index is 13.9. The Labute approximate surface area is 160 Å². The first-order valence-electron chi connectivity index (χ1n) is 8.77. The quantitative estimate of drug-likeness (QED) is 0.769. The Morgan fingerprint density at radius 1 is 1.21 bits per heavy atom. The highest BCUT2D eigenvalue weighted by molar-refractivity contribution is 5.42. The summed E-state index contributed by atoms with van der Waals surface area (Å²) in [5.74, 6) is -0.251. The molecule has 3 rings (SSSR count). The van der Waals surface area contributed by atoms with Crippen molar-refractivity contribution < 1.29 is 27.4 Å². The lowest BCUT2D eigenvalue weighted by Crippen LogP contribution is -2.52. The van der Waals surface area contributed by atoms with Crippen molar-refractivity contribution in [1.29, 1.82) is 5.26 Å². The molecule has 0 fully saturated rings. The van der Waals surface area contributed by atoms with Crippen LogP contribution in [0.4, 0.5) is 17.6 Å². The van der Waals surface area contributed by atoms with Gasteiger partial charge in [-0.05, 0) is 48.7 Å². The molecule has 1 aliphatic heterocycles. The third kappa shape index (κ3) is 3.83. The number of alkyl halides is 3. The van der Waals surface area contributed by atoms with Crippen LogP contribution in [-0.2, 0) is 11.8 Å². The third-order valence-electron chi connectivity index (χ3n) is 5.27. The van der Waals surface area contributed by atoms with Crippen LogP contribution in [0.15, 0.2) is 42.5 Å². The lowest BCUT2D eigenvalue weighted by molar-refractivity contribution is -0.267. The van der Waals surface area contributed by atoms with E-state index in [0.29, 0.717) is 11.3 Å². The summed E-state index contributed by atoms with van der Waals surface area (Å²) in [5, 5.41) is 19.7. The number of hydrogen-bond donors (Lipinski definition) is 1. The molecule has 7 heteroatoms. The topological polar surface area (TPSA) is 53.2 Å². The van der Waals surface area contributed by atoms with E-state index in [0.717, 1.165) is 0 Å². The Morgan fingerprint density at radius 3 is 2.64 bits per heavy atom. The predicted octanol–water partition coefficient (Wildman–Crippen LogP) is 4.66. The molecule has 0 saturated carbocycles. The predicted molar refractivity (Wildman–Crippen MR) is 94.3 cm³/mol. The van der Waals surface area contributed by atoms with Crippen molar-refractivity contribution in [2.45, 2.75) is 43.4 Å². The fourth-order valence-corrected chi connectivity index (χ4v) is 3.80. The molecule has 1 heterocycles. The minimum absolute atomic E-state index is 0.174. The van der Waals surface area contributed by atoms with E-state index in [9.17, 15) is 22.7 Å². The summed E-state index contributed by atoms with van der Waals surface area (Å²) in [6.07, 6.45) is -6.06. The molecule has 2 unspecified atom stereocenters. The van der Waals surface area contributed by atoms with Crippen molar-refractivity contribution in [2.24, 2.45) is 0 Å². The highest BCUT2D eigenvalue weighted by Gasteiger charge is 2.57. The number of aliphatic hydroxyl groups is 1. The average Bonchev–Trinajstić information content (AvgIpc) is 2.61. The molecule has 0 amide bonds. The van der Waals surface area contributed by atoms with E-state index in [-0.39, 0.29) is 24.2 Å². The van der Waals surface area contributed by atoms with Crippen molar-refractivity contribution in [3.63, 3.8) is 0 Å². The van der Waals surface area contributed by atoms with Gasteiger partial charge < -0.3 is 9.84 Å². The summed E-state index contributed by atoms with van der Waals surface area (Å²) in [7, 11) is 0. The molecule has 1 aliphatic rings. The van der Waals surface area contributed by atoms with Gasteiger partial charge in [0.1, 0.15) is 11.6 Å². The van der Waals surface area contributed by atoms with Crippen molar-refractivity contribution in [2.75, 3.05) is 6.61 Å². The molecule has 3 nitrogen and oxygen atoms in total. The summed E-state index contributed by atoms with van der Waals surface area (Å²) in [6, 6.07) is 11.4. The summed E-state index contributed by atoms with van der Waals surface area (Å²) >= 11 is 0. The minimum atomic E-state index is -4.91. The van der Waals surface area contributed by atoms with Gasteiger partial charge in [0.05, 0.1) is 18.2 Å². The standard InChI is InChI=1S/C21H19F4NO2/c1-19(7-8-28-18-6-5-16(22)10-17(18)19)13-20(27,21(23,24)25)11-14-3-2-4-15(9-14)12-26/h2-6,9-10,27H,7-8,11,13H2,1H3. The fourth-order valence-electron chi connectivity index (χ4n) is 3.80. The van der Waals surface area contributed by atoms with Crippen LogP contribution in [0.3, 0.4) is 0 Å². The van der Waals surface area contributed by atoms with Gasteiger partial charge in [-0.25, -0.2) is 4.39 Å². The van der Waals surface area contributed by atoms with Crippen LogP contribution >= 0.6 is 0 Å². The van der Waals surface area contributed by atoms with Gasteiger partial charge in [-0.2, -0.15) is 18.4 Å². The van der Waals surface area contributed by atoms with E-state index in [1.807, 2.05) is 6.07 Å². The molecule has 0 radical (unpaired) electrons. The van der Waals surface area contributed by atoms with Crippen molar-refractivity contribution in [3.8, 4) is 11.8 Å². The number of hydrogen-bond acceptors (Lipinski definition) is 3. The number of rotatable bonds is 4. The SMILES string of the molecule is CC1(CC(O)(Cc2cccc(C#N)c2)C(F)(F)F)CCOc2ccc(F)cc21. The molecule has 2 aromatic carbocycles. The molecular formula is C21H19F4NO2. The van der Waals surface area contributed by atoms with Gasteiger partial charge >= 0.3 is 6.18 Å². The van der Waals surface area contributed by atoms with Crippen molar-refractivity contribution in [1.82, 2.24) is 0 Å². The second-order valence-electron chi connectivity index (χ2n) is 7.49. The molecule has 2 atom stereocenters. The van der Waals surface area contributed by atoms with Crippen LogP contribution in [0.2, 0.25) is 0 Å². The molecule has 0 aliphatic carbocycles. The average molecular weight is 393 g/mol. The fraction of sp³-hybridized carbons (Fsp3) is 0.381. The Morgan fingerprint density at radius 2 is 1.96 bits per heavy atom. The zero-order valence-corrected chi connectivity index (χ0v) is 15.2. The smallest absolute Gasteiger partial charge is 0.417 e. The highest BCUT2D eigenvalue weighted by Crippen LogP contribution is 2.48. The molecule has 28 heavy (non-hydrogen) atoms. The lowest BCUT2D eigenvalue weighted by atomic mass is 9.69. The van der Waals surface area contributed by atoms with Crippen molar-refractivity contribution >= 4 is 0 Å². The molecule has 0 spiro atoms. The highest BCUT2D eigenvalue weighted by atomic mass is 19.4. The number of nitriles is 1. The summed E-state index contributed by atoms with van der Waals surface area (Å²) in [5.41, 5.74) is -3.45. The number of nitrogens with zero attached hydrogens (tertiary/aromatic N) is 1. The normalized spacial score (nSPS) is 21.2. The van der Waals surface area contributed by atoms with Crippen LogP contribution in [0.25, 0.3) is 0 Å². The van der Waals surface area contributed by atoms with Crippen LogP contribution in [0.1, 0.15) is 36.5 Å². The van der Waals surface area contributed by atoms with Crippen LogP contribution < -0.4 is 4.74 Å². The van der Waals surface area contributed by atoms with E-state index >= 15 is 0 Å². The Balaban J connectivity index is 2.00. The first kappa shape index (κ1) is 20.2. The van der Waals surface area contributed by atoms with Gasteiger partial charge in [0.25, 0.3) is 0 Å². The molecule has 0 aromatic heterocycles. The van der Waals surface area contributed by atoms with Gasteiger partial charge in [-0.15, -0.1) is 0 Å². The Bertz CT molecular complexity index is 921. The molecule has 2 aromatic rings. The van der Waals surface area contributed by atoms with Crippen LogP contribution in [0, 0.1) is 17.1 Å². The van der Waals surface area contributed by atoms with Gasteiger partial charge in [-0.1, -0.05) is 19.1 Å². The number of fused-ring (bicyclic) bond motifs is 1. The minimum Gasteiger partial charge on any atom is -0.493 e. The maximum absolute atomic E-state index is 13.9. The molecular weight excluding hydrogens is 374 g/mol. The van der Waals surface area contributed by atoms with E-state index < -0.39 is 35.9 Å². The van der Waals surface area contributed by atoms with Crippen LogP contribution in [-0.4, -0.2) is 23.5 Å². The largest absolute Gasteiger partial charge is 0.493 e. The second kappa shape index (κ2) is 7.10. The van der Waals surface area contributed by atoms with Gasteiger partial charge in [0.15, 0.2) is 5.60 Å². The maximum Gasteiger partial charge on any atom is 0.417 e. The van der Waals surface area contributed by atoms with Crippen LogP contribution in [0.5, 0.6) is 5.75 Å².